The smallest absolute Gasteiger partial charge is 0.104 e. The maximum Gasteiger partial charge on any atom is 0.104 e. The summed E-state index contributed by atoms with van der Waals surface area (Å²) in [5, 5.41) is 10.8. The lowest BCUT2D eigenvalue weighted by Gasteiger charge is -2.19. The Balaban J connectivity index is 1.97. The lowest BCUT2D eigenvalue weighted by molar-refractivity contribution is 0.274. The second-order valence-corrected chi connectivity index (χ2v) is 5.55. The molecule has 1 aromatic heterocycles. The maximum absolute atomic E-state index is 8.70. The van der Waals surface area contributed by atoms with E-state index in [9.17, 15) is 0 Å². The normalized spacial score (nSPS) is 10.3. The molecule has 0 fully saturated rings. The summed E-state index contributed by atoms with van der Waals surface area (Å²) in [6, 6.07) is 12.6. The summed E-state index contributed by atoms with van der Waals surface area (Å²) >= 11 is 1.73. The van der Waals surface area contributed by atoms with Crippen molar-refractivity contribution in [3.63, 3.8) is 0 Å². The van der Waals surface area contributed by atoms with Gasteiger partial charge in [-0.2, -0.15) is 0 Å². The van der Waals surface area contributed by atoms with Crippen LogP contribution in [0.3, 0.4) is 0 Å². The van der Waals surface area contributed by atoms with Gasteiger partial charge in [-0.25, -0.2) is 0 Å². The number of aliphatic hydroxyl groups is 1. The molecule has 1 heterocycles. The van der Waals surface area contributed by atoms with Crippen molar-refractivity contribution in [2.75, 3.05) is 13.2 Å². The van der Waals surface area contributed by atoms with Crippen LogP contribution in [0.5, 0.6) is 0 Å². The molecule has 0 aliphatic carbocycles. The van der Waals surface area contributed by atoms with Gasteiger partial charge >= 0.3 is 0 Å². The fourth-order valence-corrected chi connectivity index (χ4v) is 2.87. The zero-order valence-electron chi connectivity index (χ0n) is 11.7. The average Bonchev–Trinajstić information content (AvgIpc) is 2.93. The van der Waals surface area contributed by atoms with Gasteiger partial charge in [-0.05, 0) is 18.2 Å². The Morgan fingerprint density at radius 1 is 1.20 bits per heavy atom. The quantitative estimate of drug-likeness (QED) is 0.853. The molecule has 0 saturated carbocycles. The van der Waals surface area contributed by atoms with Crippen LogP contribution in [-0.4, -0.2) is 23.2 Å². The third-order valence-electron chi connectivity index (χ3n) is 3.04. The molecule has 0 atom stereocenters. The fraction of sp³-hybridized carbons (Fsp3) is 0.294. The first-order valence-electron chi connectivity index (χ1n) is 6.75. The van der Waals surface area contributed by atoms with Gasteiger partial charge in [-0.3, -0.25) is 4.90 Å². The molecule has 0 saturated heterocycles. The molecule has 2 aromatic rings. The van der Waals surface area contributed by atoms with Crippen molar-refractivity contribution in [1.82, 2.24) is 4.90 Å². The molecule has 0 bridgehead atoms. The summed E-state index contributed by atoms with van der Waals surface area (Å²) < 4.78 is 0. The Hall–Kier alpha value is -1.60. The lowest BCUT2D eigenvalue weighted by atomic mass is 10.2. The van der Waals surface area contributed by atoms with Gasteiger partial charge in [0, 0.05) is 28.9 Å². The Kier molecular flexibility index (Phi) is 5.82. The fourth-order valence-electron chi connectivity index (χ4n) is 2.01. The summed E-state index contributed by atoms with van der Waals surface area (Å²) in [4.78, 5) is 3.72. The summed E-state index contributed by atoms with van der Waals surface area (Å²) in [6.07, 6.45) is 0. The largest absolute Gasteiger partial charge is 0.384 e. The van der Waals surface area contributed by atoms with Crippen molar-refractivity contribution in [2.45, 2.75) is 20.0 Å². The highest BCUT2D eigenvalue weighted by atomic mass is 32.1. The standard InChI is InChI=1S/C17H19NOS/c1-2-18(12-15-7-4-3-5-8-15)13-17-11-16(14-20-17)9-6-10-19/h3-5,7-8,11,14,19H,2,10,12-13H2,1H3. The van der Waals surface area contributed by atoms with Gasteiger partial charge < -0.3 is 5.11 Å². The zero-order chi connectivity index (χ0) is 14.2. The Morgan fingerprint density at radius 3 is 2.70 bits per heavy atom. The maximum atomic E-state index is 8.70. The molecule has 1 N–H and O–H groups in total. The second kappa shape index (κ2) is 7.86. The number of rotatable bonds is 5. The van der Waals surface area contributed by atoms with Gasteiger partial charge in [0.05, 0.1) is 0 Å². The molecule has 0 unspecified atom stereocenters. The third-order valence-corrected chi connectivity index (χ3v) is 3.96. The molecule has 1 aromatic carbocycles. The van der Waals surface area contributed by atoms with E-state index < -0.39 is 0 Å². The van der Waals surface area contributed by atoms with Crippen molar-refractivity contribution in [1.29, 1.82) is 0 Å². The molecule has 3 heteroatoms. The second-order valence-electron chi connectivity index (χ2n) is 4.55. The zero-order valence-corrected chi connectivity index (χ0v) is 12.5. The molecular weight excluding hydrogens is 266 g/mol. The van der Waals surface area contributed by atoms with E-state index in [1.807, 2.05) is 11.4 Å². The van der Waals surface area contributed by atoms with Gasteiger partial charge in [0.1, 0.15) is 6.61 Å². The molecule has 0 spiro atoms. The van der Waals surface area contributed by atoms with Crippen LogP contribution in [0.25, 0.3) is 0 Å². The van der Waals surface area contributed by atoms with Crippen LogP contribution < -0.4 is 0 Å². The average molecular weight is 285 g/mol. The van der Waals surface area contributed by atoms with Crippen molar-refractivity contribution in [3.05, 3.63) is 57.8 Å². The van der Waals surface area contributed by atoms with Gasteiger partial charge in [-0.15, -0.1) is 11.3 Å². The first-order chi connectivity index (χ1) is 9.81. The van der Waals surface area contributed by atoms with Crippen LogP contribution in [0.2, 0.25) is 0 Å². The van der Waals surface area contributed by atoms with Crippen LogP contribution in [0.15, 0.2) is 41.8 Å². The van der Waals surface area contributed by atoms with E-state index in [0.29, 0.717) is 0 Å². The van der Waals surface area contributed by atoms with E-state index in [4.69, 9.17) is 5.11 Å². The van der Waals surface area contributed by atoms with E-state index in [1.165, 1.54) is 10.4 Å². The van der Waals surface area contributed by atoms with Crippen molar-refractivity contribution < 1.29 is 5.11 Å². The Labute approximate surface area is 124 Å². The Bertz CT molecular complexity index is 580. The Morgan fingerprint density at radius 2 is 2.00 bits per heavy atom. The van der Waals surface area contributed by atoms with Crippen LogP contribution in [0, 0.1) is 11.8 Å². The number of aliphatic hydroxyl groups excluding tert-OH is 1. The first kappa shape index (κ1) is 14.8. The van der Waals surface area contributed by atoms with Crippen molar-refractivity contribution in [3.8, 4) is 11.8 Å². The molecule has 2 nitrogen and oxygen atoms in total. The number of hydrogen-bond donors (Lipinski definition) is 1. The number of nitrogens with zero attached hydrogens (tertiary/aromatic N) is 1. The minimum Gasteiger partial charge on any atom is -0.384 e. The number of thiophene rings is 1. The van der Waals surface area contributed by atoms with Crippen LogP contribution in [-0.2, 0) is 13.1 Å². The van der Waals surface area contributed by atoms with Crippen LogP contribution in [0.4, 0.5) is 0 Å². The highest BCUT2D eigenvalue weighted by Gasteiger charge is 2.06. The minimum atomic E-state index is -0.0831. The van der Waals surface area contributed by atoms with Gasteiger partial charge in [0.25, 0.3) is 0 Å². The monoisotopic (exact) mass is 285 g/mol. The van der Waals surface area contributed by atoms with Crippen LogP contribution in [0.1, 0.15) is 22.9 Å². The van der Waals surface area contributed by atoms with E-state index in [2.05, 4.69) is 54.0 Å². The molecule has 0 amide bonds. The first-order valence-corrected chi connectivity index (χ1v) is 7.63. The van der Waals surface area contributed by atoms with E-state index >= 15 is 0 Å². The summed E-state index contributed by atoms with van der Waals surface area (Å²) in [5.74, 6) is 5.63. The summed E-state index contributed by atoms with van der Waals surface area (Å²) in [5.41, 5.74) is 2.33. The summed E-state index contributed by atoms with van der Waals surface area (Å²) in [7, 11) is 0. The third kappa shape index (κ3) is 4.50. The minimum absolute atomic E-state index is 0.0831. The SMILES string of the molecule is CCN(Cc1ccccc1)Cc1cc(C#CCO)cs1. The molecule has 20 heavy (non-hydrogen) atoms. The van der Waals surface area contributed by atoms with E-state index in [1.54, 1.807) is 11.3 Å². The van der Waals surface area contributed by atoms with Gasteiger partial charge in [0.2, 0.25) is 0 Å². The number of benzene rings is 1. The topological polar surface area (TPSA) is 23.5 Å². The molecule has 2 rings (SSSR count). The van der Waals surface area contributed by atoms with E-state index in [-0.39, 0.29) is 6.61 Å². The van der Waals surface area contributed by atoms with Gasteiger partial charge in [-0.1, -0.05) is 49.1 Å². The molecular formula is C17H19NOS. The molecule has 0 aliphatic rings. The molecule has 104 valence electrons. The predicted octanol–water partition coefficient (Wildman–Crippen LogP) is 3.11. The molecule has 0 aliphatic heterocycles. The van der Waals surface area contributed by atoms with Crippen LogP contribution >= 0.6 is 11.3 Å². The highest BCUT2D eigenvalue weighted by molar-refractivity contribution is 7.10. The van der Waals surface area contributed by atoms with Crippen molar-refractivity contribution in [2.24, 2.45) is 0 Å². The number of hydrogen-bond acceptors (Lipinski definition) is 3. The molecule has 0 radical (unpaired) electrons. The van der Waals surface area contributed by atoms with Gasteiger partial charge in [0.15, 0.2) is 0 Å². The summed E-state index contributed by atoms with van der Waals surface area (Å²) in [6.45, 7) is 5.03. The lowest BCUT2D eigenvalue weighted by Crippen LogP contribution is -2.21. The van der Waals surface area contributed by atoms with Crippen molar-refractivity contribution >= 4 is 11.3 Å². The highest BCUT2D eigenvalue weighted by Crippen LogP contribution is 2.17. The van der Waals surface area contributed by atoms with E-state index in [0.717, 1.165) is 25.2 Å². The predicted molar refractivity (Wildman–Crippen MR) is 84.5 cm³/mol.